The van der Waals surface area contributed by atoms with E-state index in [1.54, 1.807) is 0 Å². The summed E-state index contributed by atoms with van der Waals surface area (Å²) < 4.78 is 7.94. The van der Waals surface area contributed by atoms with E-state index in [-0.39, 0.29) is 115 Å². The summed E-state index contributed by atoms with van der Waals surface area (Å²) >= 11 is 2.31. The van der Waals surface area contributed by atoms with Gasteiger partial charge in [-0.1, -0.05) is 0 Å². The van der Waals surface area contributed by atoms with Crippen LogP contribution in [0.4, 0.5) is 0 Å². The molecule has 0 atom stereocenters. The van der Waals surface area contributed by atoms with Gasteiger partial charge < -0.3 is 5.71 Å². The summed E-state index contributed by atoms with van der Waals surface area (Å²) in [4.78, 5) is 0. The quantitative estimate of drug-likeness (QED) is 0.433. The van der Waals surface area contributed by atoms with E-state index in [0.29, 0.717) is 0 Å². The van der Waals surface area contributed by atoms with Crippen molar-refractivity contribution in [3.63, 3.8) is 0 Å². The first-order valence-corrected chi connectivity index (χ1v) is 0.561. The maximum Gasteiger partial charge on any atom is 2.00 e. The molecule has 0 N–H and O–H groups in total. The molecule has 5 heavy (non-hydrogen) atoms. The van der Waals surface area contributed by atoms with Crippen LogP contribution in [0.25, 0.3) is 0 Å². The fraction of sp³-hybridized carbons (Fsp3) is 0. The number of rotatable bonds is 0. The molecular weight excluding hydrogens is 412 g/mol. The summed E-state index contributed by atoms with van der Waals surface area (Å²) in [6.07, 6.45) is 0. The van der Waals surface area contributed by atoms with E-state index < -0.39 is 0 Å². The fourth-order valence-corrected chi connectivity index (χ4v) is 0. The topological polar surface area (TPSA) is 17.1 Å². The molecule has 0 aromatic rings. The summed E-state index contributed by atoms with van der Waals surface area (Å²) in [7, 11) is 0. The Morgan fingerprint density at radius 1 is 1.40 bits per heavy atom. The van der Waals surface area contributed by atoms with Crippen molar-refractivity contribution in [2.45, 2.75) is 0 Å². The van der Waals surface area contributed by atoms with E-state index in [1.165, 1.54) is 0 Å². The van der Waals surface area contributed by atoms with Gasteiger partial charge in [0.15, 0.2) is 0 Å². The van der Waals surface area contributed by atoms with Gasteiger partial charge in [0.2, 0.25) is 0 Å². The molecule has 0 unspecified atom stereocenters. The Kier molecular flexibility index (Phi) is 114. The molecule has 31 valence electrons. The molecule has 0 rings (SSSR count). The summed E-state index contributed by atoms with van der Waals surface area (Å²) in [6, 6.07) is 0. The van der Waals surface area contributed by atoms with Crippen molar-refractivity contribution in [3.05, 3.63) is 0 Å². The van der Waals surface area contributed by atoms with Crippen LogP contribution in [0.2, 0.25) is 0 Å². The third kappa shape index (κ3) is 18.1. The Morgan fingerprint density at radius 3 is 1.40 bits per heavy atom. The van der Waals surface area contributed by atoms with E-state index >= 15 is 0 Å². The first-order valence-electron chi connectivity index (χ1n) is 0.136. The van der Waals surface area contributed by atoms with Crippen LogP contribution in [-0.4, -0.2) is 109 Å². The third-order valence-electron chi connectivity index (χ3n) is 0. The van der Waals surface area contributed by atoms with Crippen molar-refractivity contribution in [1.82, 2.24) is 0 Å². The summed E-state index contributed by atoms with van der Waals surface area (Å²) in [6.45, 7) is 0. The molecule has 0 aliphatic rings. The van der Waals surface area contributed by atoms with Crippen molar-refractivity contribution in [3.8, 4) is 0 Å². The predicted molar refractivity (Wildman–Crippen MR) is 26.6 cm³/mol. The van der Waals surface area contributed by atoms with Gasteiger partial charge in [0.1, 0.15) is 0 Å². The Balaban J connectivity index is -0.000000000238. The van der Waals surface area contributed by atoms with Gasteiger partial charge in [-0.3, -0.25) is 0 Å². The monoisotopic (exact) mass is 419 g/mol. The zero-order valence-corrected chi connectivity index (χ0v) is 15.1. The molecule has 0 saturated carbocycles. The average molecular weight is 419 g/mol. The SMILES string of the molecule is [BiH3].[Ca+2].[H-].[H-].[H-].[H-].[O]=[Co].[Sr+2]. The van der Waals surface area contributed by atoms with Gasteiger partial charge in [0.05, 0.1) is 0 Å². The molecule has 1 nitrogen and oxygen atoms in total. The minimum Gasteiger partial charge on any atom is 2.00 e. The van der Waals surface area contributed by atoms with E-state index in [0.717, 1.165) is 0 Å². The summed E-state index contributed by atoms with van der Waals surface area (Å²) in [5, 5.41) is 0. The molecule has 0 amide bonds. The van der Waals surface area contributed by atoms with Crippen LogP contribution in [0.3, 0.4) is 0 Å². The summed E-state index contributed by atoms with van der Waals surface area (Å²) in [5.74, 6) is 0. The molecule has 0 fully saturated rings. The van der Waals surface area contributed by atoms with Crippen molar-refractivity contribution >= 4 is 109 Å². The Morgan fingerprint density at radius 2 is 1.40 bits per heavy atom. The van der Waals surface area contributed by atoms with E-state index in [2.05, 4.69) is 15.7 Å². The van der Waals surface area contributed by atoms with Crippen molar-refractivity contribution in [2.24, 2.45) is 0 Å². The van der Waals surface area contributed by atoms with Gasteiger partial charge in [-0.15, -0.1) is 0 Å². The molecule has 0 heterocycles. The van der Waals surface area contributed by atoms with Gasteiger partial charge >= 0.3 is 129 Å². The molecule has 0 radical (unpaired) electrons. The van der Waals surface area contributed by atoms with Gasteiger partial charge in [-0.2, -0.15) is 0 Å². The summed E-state index contributed by atoms with van der Waals surface area (Å²) in [5.41, 5.74) is 0. The van der Waals surface area contributed by atoms with Gasteiger partial charge in [-0.05, 0) is 0 Å². The standard InChI is InChI=1S/Bi.Ca.Co.O.Sr.7H/q;+2;;;+2;;;;4*-1. The maximum absolute atomic E-state index is 7.94. The Labute approximate surface area is 131 Å². The largest absolute Gasteiger partial charge is 2.00 e. The Bertz CT molecular complexity index is 20.5. The molecule has 0 spiro atoms. The van der Waals surface area contributed by atoms with Crippen LogP contribution in [0.15, 0.2) is 0 Å². The molecule has 0 aromatic heterocycles. The second kappa shape index (κ2) is 24.7. The van der Waals surface area contributed by atoms with Crippen molar-refractivity contribution in [2.75, 3.05) is 0 Å². The van der Waals surface area contributed by atoms with Crippen molar-refractivity contribution in [1.29, 1.82) is 0 Å². The maximum atomic E-state index is 7.94. The van der Waals surface area contributed by atoms with Crippen LogP contribution >= 0.6 is 0 Å². The minimum atomic E-state index is 0. The van der Waals surface area contributed by atoms with E-state index in [4.69, 9.17) is 3.87 Å². The molecule has 0 saturated heterocycles. The molecule has 0 aliphatic heterocycles. The smallest absolute Gasteiger partial charge is 2.00 e. The van der Waals surface area contributed by atoms with Gasteiger partial charge in [0.25, 0.3) is 0 Å². The third-order valence-corrected chi connectivity index (χ3v) is 0. The molecule has 0 bridgehead atoms. The van der Waals surface area contributed by atoms with Crippen LogP contribution in [0, 0.1) is 0 Å². The normalized spacial score (nSPS) is 1.00. The fourth-order valence-electron chi connectivity index (χ4n) is 0. The van der Waals surface area contributed by atoms with E-state index in [1.807, 2.05) is 0 Å². The van der Waals surface area contributed by atoms with Gasteiger partial charge in [0, 0.05) is 0 Å². The molecule has 0 aliphatic carbocycles. The van der Waals surface area contributed by atoms with Crippen molar-refractivity contribution < 1.29 is 25.2 Å². The number of hydrogen-bond donors (Lipinski definition) is 0. The predicted octanol–water partition coefficient (Wildman–Crippen LogP) is -1.62. The van der Waals surface area contributed by atoms with E-state index in [9.17, 15) is 0 Å². The molecule has 5 heteroatoms. The van der Waals surface area contributed by atoms with Crippen LogP contribution in [0.1, 0.15) is 5.71 Å². The molecule has 0 aromatic carbocycles. The van der Waals surface area contributed by atoms with Crippen LogP contribution in [0.5, 0.6) is 0 Å². The zero-order valence-electron chi connectivity index (χ0n) is 6.86. The Hall–Kier alpha value is 3.93. The first kappa shape index (κ1) is 23.1. The first-order chi connectivity index (χ1) is 1.00. The number of hydrogen-bond acceptors (Lipinski definition) is 1. The zero-order chi connectivity index (χ0) is 2.00. The van der Waals surface area contributed by atoms with Crippen LogP contribution in [-0.2, 0) is 19.5 Å². The van der Waals surface area contributed by atoms with Crippen LogP contribution < -0.4 is 0 Å². The average Bonchev–Trinajstić information content (AvgIpc) is 1.00. The molecular formula is H7BiCaCoOSr. The van der Waals surface area contributed by atoms with Gasteiger partial charge in [-0.25, -0.2) is 0 Å². The second-order valence-electron chi connectivity index (χ2n) is 0. The minimum absolute atomic E-state index is 0. The second-order valence-corrected chi connectivity index (χ2v) is 0.